The molecule has 0 bridgehead atoms. The second kappa shape index (κ2) is 6.26. The predicted octanol–water partition coefficient (Wildman–Crippen LogP) is 4.31. The highest BCUT2D eigenvalue weighted by atomic mass is 35.5. The number of aldehydes is 1. The normalized spacial score (nSPS) is 12.1. The Morgan fingerprint density at radius 2 is 1.87 bits per heavy atom. The van der Waals surface area contributed by atoms with Crippen LogP contribution in [0, 0.1) is 0 Å². The van der Waals surface area contributed by atoms with Crippen molar-refractivity contribution < 1.29 is 9.59 Å². The maximum absolute atomic E-state index is 12.5. The third-order valence-electron chi connectivity index (χ3n) is 3.83. The van der Waals surface area contributed by atoms with E-state index in [9.17, 15) is 9.59 Å². The average Bonchev–Trinajstić information content (AvgIpc) is 2.95. The number of rotatable bonds is 4. The fourth-order valence-corrected chi connectivity index (χ4v) is 2.76. The first kappa shape index (κ1) is 15.3. The largest absolute Gasteiger partial charge is 0.335 e. The molecule has 5 heteroatoms. The number of hydrogen-bond acceptors (Lipinski definition) is 2. The molecular weight excluding hydrogens is 312 g/mol. The Kier molecular flexibility index (Phi) is 4.17. The summed E-state index contributed by atoms with van der Waals surface area (Å²) in [6.45, 7) is 1.78. The van der Waals surface area contributed by atoms with Gasteiger partial charge in [-0.1, -0.05) is 41.9 Å². The van der Waals surface area contributed by atoms with E-state index < -0.39 is 6.04 Å². The van der Waals surface area contributed by atoms with Gasteiger partial charge in [0.25, 0.3) is 0 Å². The van der Waals surface area contributed by atoms with Gasteiger partial charge in [-0.05, 0) is 25.1 Å². The molecule has 1 N–H and O–H groups in total. The van der Waals surface area contributed by atoms with Crippen molar-refractivity contribution in [2.24, 2.45) is 0 Å². The van der Waals surface area contributed by atoms with Gasteiger partial charge >= 0.3 is 0 Å². The molecule has 3 rings (SSSR count). The van der Waals surface area contributed by atoms with Gasteiger partial charge in [-0.2, -0.15) is 0 Å². The van der Waals surface area contributed by atoms with Crippen molar-refractivity contribution in [1.29, 1.82) is 0 Å². The first-order valence-corrected chi connectivity index (χ1v) is 7.59. The van der Waals surface area contributed by atoms with E-state index in [1.54, 1.807) is 35.9 Å². The smallest absolute Gasteiger partial charge is 0.247 e. The Morgan fingerprint density at radius 1 is 1.17 bits per heavy atom. The minimum atomic E-state index is -0.482. The number of carbonyl (C=O) groups excluding carboxylic acids is 2. The summed E-state index contributed by atoms with van der Waals surface area (Å²) in [5.41, 5.74) is 1.98. The van der Waals surface area contributed by atoms with E-state index in [2.05, 4.69) is 5.32 Å². The van der Waals surface area contributed by atoms with Crippen LogP contribution < -0.4 is 5.32 Å². The molecule has 2 aromatic carbocycles. The zero-order valence-corrected chi connectivity index (χ0v) is 13.2. The van der Waals surface area contributed by atoms with E-state index in [-0.39, 0.29) is 5.91 Å². The fraction of sp³-hybridized carbons (Fsp3) is 0.111. The van der Waals surface area contributed by atoms with Crippen LogP contribution in [-0.2, 0) is 4.79 Å². The van der Waals surface area contributed by atoms with Gasteiger partial charge in [0, 0.05) is 22.7 Å². The van der Waals surface area contributed by atoms with Crippen LogP contribution in [0.25, 0.3) is 10.9 Å². The van der Waals surface area contributed by atoms with E-state index in [4.69, 9.17) is 11.6 Å². The molecule has 0 radical (unpaired) electrons. The molecular formula is C18H15ClN2O2. The van der Waals surface area contributed by atoms with Crippen LogP contribution in [0.4, 0.5) is 5.69 Å². The molecule has 0 fully saturated rings. The van der Waals surface area contributed by atoms with Crippen LogP contribution in [0.3, 0.4) is 0 Å². The number of carbonyl (C=O) groups is 2. The van der Waals surface area contributed by atoms with Crippen molar-refractivity contribution in [3.63, 3.8) is 0 Å². The summed E-state index contributed by atoms with van der Waals surface area (Å²) in [5, 5.41) is 4.14. The maximum atomic E-state index is 12.5. The molecule has 0 aliphatic carbocycles. The number of nitrogens with zero attached hydrogens (tertiary/aromatic N) is 1. The van der Waals surface area contributed by atoms with E-state index in [0.29, 0.717) is 16.3 Å². The molecule has 116 valence electrons. The number of para-hydroxylation sites is 2. The lowest BCUT2D eigenvalue weighted by atomic mass is 10.2. The van der Waals surface area contributed by atoms with Gasteiger partial charge in [0.05, 0.1) is 10.7 Å². The summed E-state index contributed by atoms with van der Waals surface area (Å²) in [4.78, 5) is 23.8. The summed E-state index contributed by atoms with van der Waals surface area (Å²) < 4.78 is 1.80. The molecule has 1 aromatic heterocycles. The van der Waals surface area contributed by atoms with Crippen molar-refractivity contribution >= 4 is 40.4 Å². The molecule has 0 saturated heterocycles. The zero-order valence-electron chi connectivity index (χ0n) is 12.5. The van der Waals surface area contributed by atoms with Gasteiger partial charge in [-0.25, -0.2) is 0 Å². The van der Waals surface area contributed by atoms with Crippen LogP contribution in [0.5, 0.6) is 0 Å². The van der Waals surface area contributed by atoms with Crippen molar-refractivity contribution in [3.05, 3.63) is 65.3 Å². The Bertz CT molecular complexity index is 886. The lowest BCUT2D eigenvalue weighted by molar-refractivity contribution is -0.118. The monoisotopic (exact) mass is 326 g/mol. The molecule has 1 heterocycles. The van der Waals surface area contributed by atoms with Gasteiger partial charge in [-0.15, -0.1) is 0 Å². The summed E-state index contributed by atoms with van der Waals surface area (Å²) in [6.07, 6.45) is 2.51. The third kappa shape index (κ3) is 2.85. The number of amides is 1. The number of halogens is 1. The minimum Gasteiger partial charge on any atom is -0.335 e. The van der Waals surface area contributed by atoms with Gasteiger partial charge in [-0.3, -0.25) is 9.59 Å². The molecule has 1 amide bonds. The van der Waals surface area contributed by atoms with Crippen LogP contribution in [0.2, 0.25) is 5.02 Å². The number of nitrogens with one attached hydrogen (secondary N) is 1. The Labute approximate surface area is 138 Å². The summed E-state index contributed by atoms with van der Waals surface area (Å²) in [6, 6.07) is 14.1. The summed E-state index contributed by atoms with van der Waals surface area (Å²) in [5.74, 6) is -0.198. The van der Waals surface area contributed by atoms with Crippen LogP contribution in [-0.4, -0.2) is 16.8 Å². The second-order valence-electron chi connectivity index (χ2n) is 5.27. The predicted molar refractivity (Wildman–Crippen MR) is 92.1 cm³/mol. The minimum absolute atomic E-state index is 0.198. The topological polar surface area (TPSA) is 51.1 Å². The maximum Gasteiger partial charge on any atom is 0.247 e. The first-order valence-electron chi connectivity index (χ1n) is 7.22. The molecule has 0 saturated carbocycles. The van der Waals surface area contributed by atoms with Crippen molar-refractivity contribution in [1.82, 2.24) is 4.57 Å². The van der Waals surface area contributed by atoms with Gasteiger partial charge in [0.15, 0.2) is 6.29 Å². The molecule has 3 aromatic rings. The summed E-state index contributed by atoms with van der Waals surface area (Å²) >= 11 is 6.07. The van der Waals surface area contributed by atoms with Crippen molar-refractivity contribution in [2.75, 3.05) is 5.32 Å². The molecule has 0 spiro atoms. The quantitative estimate of drug-likeness (QED) is 0.726. The molecule has 23 heavy (non-hydrogen) atoms. The SMILES string of the molecule is CC(C(=O)Nc1ccccc1Cl)n1cc(C=O)c2ccccc21. The van der Waals surface area contributed by atoms with Gasteiger partial charge < -0.3 is 9.88 Å². The first-order chi connectivity index (χ1) is 11.1. The van der Waals surface area contributed by atoms with Gasteiger partial charge in [0.2, 0.25) is 5.91 Å². The van der Waals surface area contributed by atoms with Gasteiger partial charge in [0.1, 0.15) is 6.04 Å². The van der Waals surface area contributed by atoms with Crippen molar-refractivity contribution in [3.8, 4) is 0 Å². The Balaban J connectivity index is 1.94. The Morgan fingerprint density at radius 3 is 2.61 bits per heavy atom. The highest BCUT2D eigenvalue weighted by Gasteiger charge is 2.19. The summed E-state index contributed by atoms with van der Waals surface area (Å²) in [7, 11) is 0. The number of aromatic nitrogens is 1. The highest BCUT2D eigenvalue weighted by Crippen LogP contribution is 2.26. The molecule has 0 aliphatic rings. The molecule has 1 unspecified atom stereocenters. The fourth-order valence-electron chi connectivity index (χ4n) is 2.57. The number of anilines is 1. The lowest BCUT2D eigenvalue weighted by Gasteiger charge is -2.16. The standard InChI is InChI=1S/C18H15ClN2O2/c1-12(18(23)20-16-8-4-3-7-15(16)19)21-10-13(11-22)14-6-2-5-9-17(14)21/h2-12H,1H3,(H,20,23). The number of fused-ring (bicyclic) bond motifs is 1. The van der Waals surface area contributed by atoms with E-state index in [1.807, 2.05) is 30.3 Å². The number of benzene rings is 2. The van der Waals surface area contributed by atoms with Crippen molar-refractivity contribution in [2.45, 2.75) is 13.0 Å². The average molecular weight is 327 g/mol. The highest BCUT2D eigenvalue weighted by molar-refractivity contribution is 6.33. The van der Waals surface area contributed by atoms with Crippen LogP contribution in [0.15, 0.2) is 54.7 Å². The van der Waals surface area contributed by atoms with Crippen LogP contribution in [0.1, 0.15) is 23.3 Å². The molecule has 0 aliphatic heterocycles. The van der Waals surface area contributed by atoms with E-state index in [1.165, 1.54) is 0 Å². The third-order valence-corrected chi connectivity index (χ3v) is 4.16. The second-order valence-corrected chi connectivity index (χ2v) is 5.68. The number of hydrogen-bond donors (Lipinski definition) is 1. The molecule has 4 nitrogen and oxygen atoms in total. The zero-order chi connectivity index (χ0) is 16.4. The van der Waals surface area contributed by atoms with E-state index in [0.717, 1.165) is 17.2 Å². The lowest BCUT2D eigenvalue weighted by Crippen LogP contribution is -2.23. The molecule has 1 atom stereocenters. The van der Waals surface area contributed by atoms with Crippen LogP contribution >= 0.6 is 11.6 Å². The Hall–Kier alpha value is -2.59. The van der Waals surface area contributed by atoms with E-state index >= 15 is 0 Å².